The molecule has 0 spiro atoms. The summed E-state index contributed by atoms with van der Waals surface area (Å²) in [6.07, 6.45) is 0.819. The molecule has 0 bridgehead atoms. The van der Waals surface area contributed by atoms with Crippen molar-refractivity contribution in [3.63, 3.8) is 0 Å². The van der Waals surface area contributed by atoms with Gasteiger partial charge in [0.1, 0.15) is 0 Å². The van der Waals surface area contributed by atoms with Gasteiger partial charge in [-0.25, -0.2) is 4.79 Å². The lowest BCUT2D eigenvalue weighted by molar-refractivity contribution is 0.238. The first-order valence-electron chi connectivity index (χ1n) is 6.84. The van der Waals surface area contributed by atoms with E-state index in [0.29, 0.717) is 0 Å². The highest BCUT2D eigenvalue weighted by Crippen LogP contribution is 2.24. The molecule has 104 valence electrons. The molecule has 0 aromatic heterocycles. The van der Waals surface area contributed by atoms with E-state index in [1.165, 1.54) is 0 Å². The molecule has 0 fully saturated rings. The summed E-state index contributed by atoms with van der Waals surface area (Å²) in [5.41, 5.74) is 1.52. The summed E-state index contributed by atoms with van der Waals surface area (Å²) in [4.78, 5) is 12.1. The first-order chi connectivity index (χ1) is 9.64. The highest BCUT2D eigenvalue weighted by atomic mass is 16.2. The molecule has 2 amide bonds. The minimum Gasteiger partial charge on any atom is -0.329 e. The van der Waals surface area contributed by atoms with Crippen LogP contribution in [0.1, 0.15) is 25.8 Å². The smallest absolute Gasteiger partial charge is 0.319 e. The van der Waals surface area contributed by atoms with Crippen molar-refractivity contribution in [3.8, 4) is 0 Å². The molecule has 20 heavy (non-hydrogen) atoms. The first-order valence-corrected chi connectivity index (χ1v) is 6.84. The average Bonchev–Trinajstić information content (AvgIpc) is 2.49. The highest BCUT2D eigenvalue weighted by Gasteiger charge is 2.26. The van der Waals surface area contributed by atoms with Gasteiger partial charge in [-0.05, 0) is 31.0 Å². The minimum absolute atomic E-state index is 0.190. The lowest BCUT2D eigenvalue weighted by Gasteiger charge is -2.30. The summed E-state index contributed by atoms with van der Waals surface area (Å²) in [7, 11) is 0. The lowest BCUT2D eigenvalue weighted by Crippen LogP contribution is -2.45. The number of benzene rings is 2. The SMILES string of the molecule is CCC(C)(NC(=O)Nc1ccccc1)c1ccccc1. The standard InChI is InChI=1S/C17H20N2O/c1-3-17(2,14-10-6-4-7-11-14)19-16(20)18-15-12-8-5-9-13-15/h4-13H,3H2,1-2H3,(H2,18,19,20). The summed E-state index contributed by atoms with van der Waals surface area (Å²) in [6, 6.07) is 19.3. The van der Waals surface area contributed by atoms with Gasteiger partial charge in [0.15, 0.2) is 0 Å². The van der Waals surface area contributed by atoms with Gasteiger partial charge in [-0.2, -0.15) is 0 Å². The predicted molar refractivity (Wildman–Crippen MR) is 82.7 cm³/mol. The van der Waals surface area contributed by atoms with E-state index in [0.717, 1.165) is 17.7 Å². The summed E-state index contributed by atoms with van der Waals surface area (Å²) in [5.74, 6) is 0. The van der Waals surface area contributed by atoms with Crippen molar-refractivity contribution in [2.75, 3.05) is 5.32 Å². The van der Waals surface area contributed by atoms with E-state index in [9.17, 15) is 4.79 Å². The fourth-order valence-electron chi connectivity index (χ4n) is 2.11. The third-order valence-corrected chi connectivity index (χ3v) is 3.54. The summed E-state index contributed by atoms with van der Waals surface area (Å²) in [6.45, 7) is 4.10. The number of urea groups is 1. The highest BCUT2D eigenvalue weighted by molar-refractivity contribution is 5.89. The van der Waals surface area contributed by atoms with E-state index in [1.807, 2.05) is 67.6 Å². The summed E-state index contributed by atoms with van der Waals surface area (Å²) in [5, 5.41) is 5.91. The number of para-hydroxylation sites is 1. The van der Waals surface area contributed by atoms with Crippen LogP contribution in [-0.2, 0) is 5.54 Å². The Bertz CT molecular complexity index is 554. The molecule has 1 atom stereocenters. The van der Waals surface area contributed by atoms with E-state index in [-0.39, 0.29) is 11.6 Å². The molecule has 3 heteroatoms. The number of hydrogen-bond donors (Lipinski definition) is 2. The molecule has 3 nitrogen and oxygen atoms in total. The van der Waals surface area contributed by atoms with Crippen molar-refractivity contribution < 1.29 is 4.79 Å². The van der Waals surface area contributed by atoms with E-state index < -0.39 is 0 Å². The van der Waals surface area contributed by atoms with Crippen molar-refractivity contribution in [2.45, 2.75) is 25.8 Å². The van der Waals surface area contributed by atoms with Crippen LogP contribution in [0, 0.1) is 0 Å². The van der Waals surface area contributed by atoms with Gasteiger partial charge in [0.2, 0.25) is 0 Å². The number of hydrogen-bond acceptors (Lipinski definition) is 1. The second-order valence-electron chi connectivity index (χ2n) is 5.00. The van der Waals surface area contributed by atoms with Crippen molar-refractivity contribution in [1.82, 2.24) is 5.32 Å². The van der Waals surface area contributed by atoms with E-state index in [4.69, 9.17) is 0 Å². The molecule has 0 aliphatic rings. The van der Waals surface area contributed by atoms with Crippen LogP contribution in [0.3, 0.4) is 0 Å². The van der Waals surface area contributed by atoms with Crippen molar-refractivity contribution >= 4 is 11.7 Å². The maximum absolute atomic E-state index is 12.1. The number of rotatable bonds is 4. The van der Waals surface area contributed by atoms with Gasteiger partial charge in [-0.3, -0.25) is 0 Å². The van der Waals surface area contributed by atoms with Crippen LogP contribution in [0.2, 0.25) is 0 Å². The van der Waals surface area contributed by atoms with Gasteiger partial charge in [-0.15, -0.1) is 0 Å². The molecule has 2 rings (SSSR count). The normalized spacial score (nSPS) is 13.3. The van der Waals surface area contributed by atoms with Gasteiger partial charge in [-0.1, -0.05) is 55.5 Å². The van der Waals surface area contributed by atoms with Crippen LogP contribution in [0.25, 0.3) is 0 Å². The molecule has 0 aliphatic heterocycles. The fourth-order valence-corrected chi connectivity index (χ4v) is 2.11. The number of carbonyl (C=O) groups is 1. The second-order valence-corrected chi connectivity index (χ2v) is 5.00. The zero-order valence-corrected chi connectivity index (χ0v) is 11.9. The number of amides is 2. The maximum atomic E-state index is 12.1. The van der Waals surface area contributed by atoms with E-state index >= 15 is 0 Å². The van der Waals surface area contributed by atoms with Crippen LogP contribution in [0.5, 0.6) is 0 Å². The molecular weight excluding hydrogens is 248 g/mol. The molecule has 0 aliphatic carbocycles. The average molecular weight is 268 g/mol. The van der Waals surface area contributed by atoms with Crippen molar-refractivity contribution in [1.29, 1.82) is 0 Å². The Labute approximate surface area is 120 Å². The summed E-state index contributed by atoms with van der Waals surface area (Å²) < 4.78 is 0. The molecule has 0 saturated heterocycles. The van der Waals surface area contributed by atoms with Gasteiger partial charge in [0.05, 0.1) is 5.54 Å². The second kappa shape index (κ2) is 6.24. The lowest BCUT2D eigenvalue weighted by atomic mass is 9.89. The number of nitrogens with one attached hydrogen (secondary N) is 2. The molecule has 2 aromatic rings. The Morgan fingerprint density at radius 1 is 1.00 bits per heavy atom. The summed E-state index contributed by atoms with van der Waals surface area (Å²) >= 11 is 0. The van der Waals surface area contributed by atoms with Gasteiger partial charge >= 0.3 is 6.03 Å². The van der Waals surface area contributed by atoms with Crippen LogP contribution in [0.15, 0.2) is 60.7 Å². The van der Waals surface area contributed by atoms with Crippen LogP contribution >= 0.6 is 0 Å². The van der Waals surface area contributed by atoms with Gasteiger partial charge in [0, 0.05) is 5.69 Å². The van der Waals surface area contributed by atoms with Crippen LogP contribution < -0.4 is 10.6 Å². The Kier molecular flexibility index (Phi) is 4.41. The molecule has 1 unspecified atom stereocenters. The van der Waals surface area contributed by atoms with Crippen molar-refractivity contribution in [2.24, 2.45) is 0 Å². The fraction of sp³-hybridized carbons (Fsp3) is 0.235. The quantitative estimate of drug-likeness (QED) is 0.860. The molecule has 2 aromatic carbocycles. The monoisotopic (exact) mass is 268 g/mol. The third-order valence-electron chi connectivity index (χ3n) is 3.54. The molecule has 0 radical (unpaired) electrons. The zero-order valence-electron chi connectivity index (χ0n) is 11.9. The van der Waals surface area contributed by atoms with Gasteiger partial charge < -0.3 is 10.6 Å². The van der Waals surface area contributed by atoms with E-state index in [2.05, 4.69) is 17.6 Å². The van der Waals surface area contributed by atoms with Crippen molar-refractivity contribution in [3.05, 3.63) is 66.2 Å². The van der Waals surface area contributed by atoms with Gasteiger partial charge in [0.25, 0.3) is 0 Å². The van der Waals surface area contributed by atoms with Crippen LogP contribution in [-0.4, -0.2) is 6.03 Å². The Morgan fingerprint density at radius 3 is 2.10 bits per heavy atom. The number of anilines is 1. The van der Waals surface area contributed by atoms with Crippen LogP contribution in [0.4, 0.5) is 10.5 Å². The molecule has 0 heterocycles. The zero-order chi connectivity index (χ0) is 14.4. The minimum atomic E-state index is -0.375. The number of carbonyl (C=O) groups excluding carboxylic acids is 1. The maximum Gasteiger partial charge on any atom is 0.319 e. The van der Waals surface area contributed by atoms with E-state index in [1.54, 1.807) is 0 Å². The molecule has 2 N–H and O–H groups in total. The Hall–Kier alpha value is -2.29. The topological polar surface area (TPSA) is 41.1 Å². The molecule has 0 saturated carbocycles. The molecular formula is C17H20N2O. The third kappa shape index (κ3) is 3.38. The predicted octanol–water partition coefficient (Wildman–Crippen LogP) is 4.13. The Morgan fingerprint density at radius 2 is 1.55 bits per heavy atom. The largest absolute Gasteiger partial charge is 0.329 e. The first kappa shape index (κ1) is 14.1. The Balaban J connectivity index is 2.08.